The monoisotopic (exact) mass is 339 g/mol. The Labute approximate surface area is 144 Å². The third-order valence-electron chi connectivity index (χ3n) is 4.92. The highest BCUT2D eigenvalue weighted by Gasteiger charge is 2.39. The van der Waals surface area contributed by atoms with E-state index in [-0.39, 0.29) is 5.04 Å². The molecule has 0 saturated carbocycles. The van der Waals surface area contributed by atoms with Gasteiger partial charge in [-0.05, 0) is 54.9 Å². The topological polar surface area (TPSA) is 35.3 Å². The van der Waals surface area contributed by atoms with Gasteiger partial charge >= 0.3 is 0 Å². The summed E-state index contributed by atoms with van der Waals surface area (Å²) < 4.78 is 11.7. The molecule has 0 bridgehead atoms. The number of nitrogens with zero attached hydrogens (tertiary/aromatic N) is 1. The molecule has 0 unspecified atom stereocenters. The van der Waals surface area contributed by atoms with Crippen LogP contribution in [-0.4, -0.2) is 13.3 Å². The van der Waals surface area contributed by atoms with Gasteiger partial charge in [0, 0.05) is 22.7 Å². The minimum absolute atomic E-state index is 0.171. The van der Waals surface area contributed by atoms with E-state index in [2.05, 4.69) is 58.1 Å². The molecule has 0 fully saturated rings. The van der Waals surface area contributed by atoms with Crippen molar-refractivity contribution in [3.63, 3.8) is 0 Å². The molecule has 3 rings (SSSR count). The third kappa shape index (κ3) is 3.11. The highest BCUT2D eigenvalue weighted by Crippen LogP contribution is 2.38. The maximum absolute atomic E-state index is 6.43. The molecule has 0 radical (unpaired) electrons. The molecule has 2 aromatic heterocycles. The van der Waals surface area contributed by atoms with Crippen LogP contribution >= 0.6 is 0 Å². The van der Waals surface area contributed by atoms with Crippen LogP contribution in [0.15, 0.2) is 47.3 Å². The van der Waals surface area contributed by atoms with Crippen molar-refractivity contribution in [2.24, 2.45) is 0 Å². The summed E-state index contributed by atoms with van der Waals surface area (Å²) in [4.78, 5) is 4.70. The van der Waals surface area contributed by atoms with E-state index < -0.39 is 8.32 Å². The summed E-state index contributed by atoms with van der Waals surface area (Å²) in [6.07, 6.45) is 3.47. The second kappa shape index (κ2) is 5.78. The van der Waals surface area contributed by atoms with Crippen LogP contribution in [-0.2, 0) is 0 Å². The molecule has 0 amide bonds. The number of hydrogen-bond acceptors (Lipinski definition) is 3. The van der Waals surface area contributed by atoms with Crippen molar-refractivity contribution < 1.29 is 8.84 Å². The molecule has 0 atom stereocenters. The fraction of sp³-hybridized carbons (Fsp3) is 0.350. The SMILES string of the molecule is Cc1cc(-c2ccoc2)c2ccc(O[Si](C)(C)C(C)(C)C)cc2n1. The van der Waals surface area contributed by atoms with Crippen molar-refractivity contribution in [2.75, 3.05) is 0 Å². The van der Waals surface area contributed by atoms with Gasteiger partial charge < -0.3 is 8.84 Å². The predicted octanol–water partition coefficient (Wildman–Crippen LogP) is 6.19. The number of furan rings is 1. The van der Waals surface area contributed by atoms with Crippen molar-refractivity contribution in [3.05, 3.63) is 48.6 Å². The Morgan fingerprint density at radius 3 is 2.46 bits per heavy atom. The zero-order chi connectivity index (χ0) is 17.5. The van der Waals surface area contributed by atoms with Gasteiger partial charge in [0.2, 0.25) is 8.32 Å². The third-order valence-corrected chi connectivity index (χ3v) is 9.28. The molecule has 0 spiro atoms. The highest BCUT2D eigenvalue weighted by atomic mass is 28.4. The molecule has 0 N–H and O–H groups in total. The van der Waals surface area contributed by atoms with Crippen molar-refractivity contribution in [3.8, 4) is 16.9 Å². The van der Waals surface area contributed by atoms with Gasteiger partial charge in [0.15, 0.2) is 0 Å². The van der Waals surface area contributed by atoms with E-state index in [1.807, 2.05) is 13.0 Å². The number of hydrogen-bond donors (Lipinski definition) is 0. The molecule has 1 aromatic carbocycles. The molecule has 0 aliphatic heterocycles. The minimum Gasteiger partial charge on any atom is -0.543 e. The lowest BCUT2D eigenvalue weighted by molar-refractivity contribution is 0.492. The summed E-state index contributed by atoms with van der Waals surface area (Å²) in [5, 5.41) is 1.29. The summed E-state index contributed by atoms with van der Waals surface area (Å²) in [6, 6.07) is 10.3. The molecular weight excluding hydrogens is 314 g/mol. The first-order chi connectivity index (χ1) is 11.2. The normalized spacial score (nSPS) is 12.6. The molecule has 24 heavy (non-hydrogen) atoms. The van der Waals surface area contributed by atoms with E-state index in [1.54, 1.807) is 12.5 Å². The molecule has 0 aliphatic carbocycles. The van der Waals surface area contributed by atoms with Crippen LogP contribution in [0.4, 0.5) is 0 Å². The van der Waals surface area contributed by atoms with Crippen LogP contribution in [0.5, 0.6) is 5.75 Å². The van der Waals surface area contributed by atoms with Crippen molar-refractivity contribution in [1.29, 1.82) is 0 Å². The van der Waals surface area contributed by atoms with Gasteiger partial charge in [-0.2, -0.15) is 0 Å². The van der Waals surface area contributed by atoms with Crippen molar-refractivity contribution in [2.45, 2.75) is 45.8 Å². The van der Waals surface area contributed by atoms with Gasteiger partial charge in [0.1, 0.15) is 5.75 Å². The van der Waals surface area contributed by atoms with E-state index in [1.165, 1.54) is 0 Å². The second-order valence-electron chi connectivity index (χ2n) is 7.86. The highest BCUT2D eigenvalue weighted by molar-refractivity contribution is 6.74. The maximum Gasteiger partial charge on any atom is 0.250 e. The summed E-state index contributed by atoms with van der Waals surface area (Å²) in [6.45, 7) is 13.3. The average molecular weight is 340 g/mol. The van der Waals surface area contributed by atoms with Crippen LogP contribution in [0, 0.1) is 6.92 Å². The van der Waals surface area contributed by atoms with Crippen molar-refractivity contribution >= 4 is 19.2 Å². The summed E-state index contributed by atoms with van der Waals surface area (Å²) in [5.74, 6) is 0.908. The zero-order valence-corrected chi connectivity index (χ0v) is 16.3. The fourth-order valence-corrected chi connectivity index (χ4v) is 3.53. The van der Waals surface area contributed by atoms with Gasteiger partial charge in [0.05, 0.1) is 18.0 Å². The lowest BCUT2D eigenvalue weighted by Gasteiger charge is -2.36. The van der Waals surface area contributed by atoms with Crippen LogP contribution in [0.25, 0.3) is 22.0 Å². The number of pyridine rings is 1. The Bertz CT molecular complexity index is 861. The summed E-state index contributed by atoms with van der Waals surface area (Å²) >= 11 is 0. The second-order valence-corrected chi connectivity index (χ2v) is 12.6. The van der Waals surface area contributed by atoms with Gasteiger partial charge in [-0.3, -0.25) is 4.98 Å². The van der Waals surface area contributed by atoms with Crippen LogP contribution < -0.4 is 4.43 Å². The largest absolute Gasteiger partial charge is 0.543 e. The first-order valence-corrected chi connectivity index (χ1v) is 11.2. The molecule has 126 valence electrons. The molecule has 0 saturated heterocycles. The molecule has 3 nitrogen and oxygen atoms in total. The number of rotatable bonds is 3. The van der Waals surface area contributed by atoms with Crippen LogP contribution in [0.1, 0.15) is 26.5 Å². The lowest BCUT2D eigenvalue weighted by atomic mass is 10.0. The molecule has 3 aromatic rings. The molecule has 0 aliphatic rings. The fourth-order valence-electron chi connectivity index (χ4n) is 2.51. The van der Waals surface area contributed by atoms with Crippen LogP contribution in [0.2, 0.25) is 18.1 Å². The van der Waals surface area contributed by atoms with E-state index >= 15 is 0 Å². The number of aromatic nitrogens is 1. The lowest BCUT2D eigenvalue weighted by Crippen LogP contribution is -2.43. The maximum atomic E-state index is 6.43. The zero-order valence-electron chi connectivity index (χ0n) is 15.3. The smallest absolute Gasteiger partial charge is 0.250 e. The van der Waals surface area contributed by atoms with Crippen LogP contribution in [0.3, 0.4) is 0 Å². The summed E-state index contributed by atoms with van der Waals surface area (Å²) in [7, 11) is -1.86. The number of aryl methyl sites for hydroxylation is 1. The Morgan fingerprint density at radius 2 is 1.83 bits per heavy atom. The van der Waals surface area contributed by atoms with E-state index in [0.717, 1.165) is 33.5 Å². The average Bonchev–Trinajstić information content (AvgIpc) is 2.98. The molecular formula is C20H25NO2Si. The van der Waals surface area contributed by atoms with E-state index in [4.69, 9.17) is 13.8 Å². The Hall–Kier alpha value is -2.07. The van der Waals surface area contributed by atoms with Crippen molar-refractivity contribution in [1.82, 2.24) is 4.98 Å². The molecule has 4 heteroatoms. The van der Waals surface area contributed by atoms with E-state index in [9.17, 15) is 0 Å². The summed E-state index contributed by atoms with van der Waals surface area (Å²) in [5.41, 5.74) is 4.17. The minimum atomic E-state index is -1.86. The predicted molar refractivity (Wildman–Crippen MR) is 102 cm³/mol. The van der Waals surface area contributed by atoms with Gasteiger partial charge in [0.25, 0.3) is 0 Å². The first kappa shape index (κ1) is 16.8. The van der Waals surface area contributed by atoms with E-state index in [0.29, 0.717) is 0 Å². The molecule has 2 heterocycles. The Balaban J connectivity index is 2.07. The van der Waals surface area contributed by atoms with Gasteiger partial charge in [-0.25, -0.2) is 0 Å². The standard InChI is InChI=1S/C20H25NO2Si/c1-14-11-18(15-9-10-22-13-15)17-8-7-16(12-19(17)21-14)23-24(5,6)20(2,3)4/h7-13H,1-6H3. The quantitative estimate of drug-likeness (QED) is 0.534. The van der Waals surface area contributed by atoms with Gasteiger partial charge in [-0.1, -0.05) is 20.8 Å². The Kier molecular flexibility index (Phi) is 4.04. The number of benzene rings is 1. The van der Waals surface area contributed by atoms with Gasteiger partial charge in [-0.15, -0.1) is 0 Å². The number of fused-ring (bicyclic) bond motifs is 1. The first-order valence-electron chi connectivity index (χ1n) is 8.30. The Morgan fingerprint density at radius 1 is 1.08 bits per heavy atom.